The zero-order chi connectivity index (χ0) is 16.7. The standard InChI is InChI=1S/C17H22N2O4/c1-3-19(4-2)17(20)13(11-18)6-5-9-21-14-7-8-15-16(10-14)23-12-22-15/h7-8,10,13H,3-6,9,12H2,1-2H3. The number of amides is 1. The highest BCUT2D eigenvalue weighted by Crippen LogP contribution is 2.35. The third-order valence-corrected chi connectivity index (χ3v) is 3.78. The molecule has 2 rings (SSSR count). The molecule has 1 aliphatic rings. The number of nitriles is 1. The smallest absolute Gasteiger partial charge is 0.239 e. The van der Waals surface area contributed by atoms with E-state index in [0.29, 0.717) is 49.8 Å². The van der Waals surface area contributed by atoms with Crippen molar-refractivity contribution in [3.63, 3.8) is 0 Å². The zero-order valence-corrected chi connectivity index (χ0v) is 13.6. The molecule has 1 aliphatic heterocycles. The molecular weight excluding hydrogens is 296 g/mol. The number of ether oxygens (including phenoxy) is 3. The summed E-state index contributed by atoms with van der Waals surface area (Å²) in [6, 6.07) is 7.50. The van der Waals surface area contributed by atoms with Gasteiger partial charge in [0.15, 0.2) is 11.5 Å². The fourth-order valence-electron chi connectivity index (χ4n) is 2.44. The number of benzene rings is 1. The van der Waals surface area contributed by atoms with Crippen molar-refractivity contribution in [1.82, 2.24) is 4.90 Å². The summed E-state index contributed by atoms with van der Waals surface area (Å²) in [7, 11) is 0. The summed E-state index contributed by atoms with van der Waals surface area (Å²) in [4.78, 5) is 13.8. The van der Waals surface area contributed by atoms with Gasteiger partial charge in [0, 0.05) is 19.2 Å². The van der Waals surface area contributed by atoms with Crippen molar-refractivity contribution < 1.29 is 19.0 Å². The summed E-state index contributed by atoms with van der Waals surface area (Å²) in [6.45, 7) is 5.76. The van der Waals surface area contributed by atoms with E-state index < -0.39 is 5.92 Å². The molecule has 1 atom stereocenters. The van der Waals surface area contributed by atoms with Gasteiger partial charge in [-0.1, -0.05) is 0 Å². The first-order valence-electron chi connectivity index (χ1n) is 7.90. The van der Waals surface area contributed by atoms with Crippen LogP contribution in [-0.4, -0.2) is 37.3 Å². The van der Waals surface area contributed by atoms with Gasteiger partial charge in [0.1, 0.15) is 11.7 Å². The quantitative estimate of drug-likeness (QED) is 0.689. The molecule has 124 valence electrons. The third kappa shape index (κ3) is 4.28. The molecule has 6 heteroatoms. The van der Waals surface area contributed by atoms with Crippen molar-refractivity contribution in [3.8, 4) is 23.3 Å². The second kappa shape index (κ2) is 8.28. The molecule has 0 bridgehead atoms. The molecule has 6 nitrogen and oxygen atoms in total. The lowest BCUT2D eigenvalue weighted by molar-refractivity contribution is -0.133. The summed E-state index contributed by atoms with van der Waals surface area (Å²) < 4.78 is 16.2. The Balaban J connectivity index is 1.77. The second-order valence-electron chi connectivity index (χ2n) is 5.20. The fraction of sp³-hybridized carbons (Fsp3) is 0.529. The van der Waals surface area contributed by atoms with Crippen molar-refractivity contribution in [3.05, 3.63) is 18.2 Å². The molecule has 23 heavy (non-hydrogen) atoms. The molecule has 0 aromatic heterocycles. The molecule has 1 unspecified atom stereocenters. The van der Waals surface area contributed by atoms with E-state index in [4.69, 9.17) is 14.2 Å². The van der Waals surface area contributed by atoms with Crippen molar-refractivity contribution >= 4 is 5.91 Å². The van der Waals surface area contributed by atoms with Crippen LogP contribution in [0.2, 0.25) is 0 Å². The molecule has 1 aromatic carbocycles. The van der Waals surface area contributed by atoms with E-state index in [2.05, 4.69) is 6.07 Å². The van der Waals surface area contributed by atoms with Gasteiger partial charge in [-0.3, -0.25) is 4.79 Å². The van der Waals surface area contributed by atoms with E-state index in [1.54, 1.807) is 17.0 Å². The fourth-order valence-corrected chi connectivity index (χ4v) is 2.44. The SMILES string of the molecule is CCN(CC)C(=O)C(C#N)CCCOc1ccc2c(c1)OCO2. The van der Waals surface area contributed by atoms with Gasteiger partial charge < -0.3 is 19.1 Å². The Hall–Kier alpha value is -2.42. The topological polar surface area (TPSA) is 71.8 Å². The lowest BCUT2D eigenvalue weighted by Crippen LogP contribution is -2.35. The summed E-state index contributed by atoms with van der Waals surface area (Å²) >= 11 is 0. The van der Waals surface area contributed by atoms with Crippen LogP contribution in [0.25, 0.3) is 0 Å². The lowest BCUT2D eigenvalue weighted by Gasteiger charge is -2.21. The molecule has 1 aromatic rings. The number of hydrogen-bond donors (Lipinski definition) is 0. The highest BCUT2D eigenvalue weighted by Gasteiger charge is 2.22. The number of hydrogen-bond acceptors (Lipinski definition) is 5. The number of fused-ring (bicyclic) bond motifs is 1. The van der Waals surface area contributed by atoms with Crippen molar-refractivity contribution in [2.24, 2.45) is 5.92 Å². The number of rotatable bonds is 8. The highest BCUT2D eigenvalue weighted by molar-refractivity contribution is 5.81. The average Bonchev–Trinajstić information content (AvgIpc) is 3.03. The molecule has 0 radical (unpaired) electrons. The molecule has 0 saturated carbocycles. The number of carbonyl (C=O) groups is 1. The second-order valence-corrected chi connectivity index (χ2v) is 5.20. The van der Waals surface area contributed by atoms with Crippen molar-refractivity contribution in [1.29, 1.82) is 5.26 Å². The highest BCUT2D eigenvalue weighted by atomic mass is 16.7. The van der Waals surface area contributed by atoms with E-state index in [0.717, 1.165) is 0 Å². The van der Waals surface area contributed by atoms with E-state index in [1.807, 2.05) is 19.9 Å². The maximum atomic E-state index is 12.2. The Morgan fingerprint density at radius 3 is 2.78 bits per heavy atom. The molecule has 0 aliphatic carbocycles. The number of nitrogens with zero attached hydrogens (tertiary/aromatic N) is 2. The summed E-state index contributed by atoms with van der Waals surface area (Å²) in [5.74, 6) is 1.38. The van der Waals surface area contributed by atoms with Gasteiger partial charge in [-0.2, -0.15) is 5.26 Å². The van der Waals surface area contributed by atoms with Crippen molar-refractivity contribution in [2.45, 2.75) is 26.7 Å². The molecule has 1 heterocycles. The molecular formula is C17H22N2O4. The van der Waals surface area contributed by atoms with Gasteiger partial charge in [0.05, 0.1) is 12.7 Å². The Labute approximate surface area is 136 Å². The Kier molecular flexibility index (Phi) is 6.10. The van der Waals surface area contributed by atoms with Gasteiger partial charge >= 0.3 is 0 Å². The predicted molar refractivity (Wildman–Crippen MR) is 84.3 cm³/mol. The van der Waals surface area contributed by atoms with Gasteiger partial charge in [-0.15, -0.1) is 0 Å². The summed E-state index contributed by atoms with van der Waals surface area (Å²) in [6.07, 6.45) is 1.13. The monoisotopic (exact) mass is 318 g/mol. The zero-order valence-electron chi connectivity index (χ0n) is 13.6. The van der Waals surface area contributed by atoms with Gasteiger partial charge in [0.2, 0.25) is 12.7 Å². The van der Waals surface area contributed by atoms with E-state index >= 15 is 0 Å². The van der Waals surface area contributed by atoms with Crippen LogP contribution in [0.5, 0.6) is 17.2 Å². The van der Waals surface area contributed by atoms with E-state index in [1.165, 1.54) is 0 Å². The summed E-state index contributed by atoms with van der Waals surface area (Å²) in [5, 5.41) is 9.19. The molecule has 1 amide bonds. The average molecular weight is 318 g/mol. The van der Waals surface area contributed by atoms with E-state index in [9.17, 15) is 10.1 Å². The van der Waals surface area contributed by atoms with Crippen LogP contribution < -0.4 is 14.2 Å². The molecule has 0 saturated heterocycles. The Morgan fingerprint density at radius 1 is 1.35 bits per heavy atom. The van der Waals surface area contributed by atoms with Crippen molar-refractivity contribution in [2.75, 3.05) is 26.5 Å². The minimum absolute atomic E-state index is 0.0967. The largest absolute Gasteiger partial charge is 0.493 e. The van der Waals surface area contributed by atoms with Gasteiger partial charge in [-0.05, 0) is 38.8 Å². The van der Waals surface area contributed by atoms with Crippen LogP contribution in [0.3, 0.4) is 0 Å². The van der Waals surface area contributed by atoms with Crippen LogP contribution in [0.15, 0.2) is 18.2 Å². The maximum Gasteiger partial charge on any atom is 0.239 e. The minimum atomic E-state index is -0.602. The van der Waals surface area contributed by atoms with Gasteiger partial charge in [0.25, 0.3) is 0 Å². The van der Waals surface area contributed by atoms with Crippen LogP contribution in [-0.2, 0) is 4.79 Å². The minimum Gasteiger partial charge on any atom is -0.493 e. The van der Waals surface area contributed by atoms with Crippen LogP contribution in [0.1, 0.15) is 26.7 Å². The first-order valence-corrected chi connectivity index (χ1v) is 7.90. The number of carbonyl (C=O) groups excluding carboxylic acids is 1. The van der Waals surface area contributed by atoms with Crippen LogP contribution in [0, 0.1) is 17.2 Å². The summed E-state index contributed by atoms with van der Waals surface area (Å²) in [5.41, 5.74) is 0. The molecule has 0 N–H and O–H groups in total. The Bertz CT molecular complexity index is 578. The first-order chi connectivity index (χ1) is 11.2. The van der Waals surface area contributed by atoms with Gasteiger partial charge in [-0.25, -0.2) is 0 Å². The first kappa shape index (κ1) is 16.9. The van der Waals surface area contributed by atoms with Crippen LogP contribution in [0.4, 0.5) is 0 Å². The predicted octanol–water partition coefficient (Wildman–Crippen LogP) is 2.58. The lowest BCUT2D eigenvalue weighted by atomic mass is 10.0. The Morgan fingerprint density at radius 2 is 2.09 bits per heavy atom. The molecule has 0 fully saturated rings. The normalized spacial score (nSPS) is 13.3. The molecule has 0 spiro atoms. The van der Waals surface area contributed by atoms with E-state index in [-0.39, 0.29) is 12.7 Å². The maximum absolute atomic E-state index is 12.2. The van der Waals surface area contributed by atoms with Crippen LogP contribution >= 0.6 is 0 Å². The third-order valence-electron chi connectivity index (χ3n) is 3.78.